The van der Waals surface area contributed by atoms with Crippen molar-refractivity contribution in [2.45, 2.75) is 49.4 Å². The van der Waals surface area contributed by atoms with Gasteiger partial charge in [0, 0.05) is 11.7 Å². The molecule has 1 aromatic carbocycles. The third-order valence-corrected chi connectivity index (χ3v) is 6.28. The van der Waals surface area contributed by atoms with Gasteiger partial charge in [0.2, 0.25) is 0 Å². The maximum absolute atomic E-state index is 4.60. The van der Waals surface area contributed by atoms with Crippen molar-refractivity contribution in [3.05, 3.63) is 18.2 Å². The predicted octanol–water partition coefficient (Wildman–Crippen LogP) is 5.40. The summed E-state index contributed by atoms with van der Waals surface area (Å²) in [5.74, 6) is 0.913. The molecule has 1 aliphatic carbocycles. The molecule has 1 aromatic heterocycles. The molecule has 3 rings (SSSR count). The summed E-state index contributed by atoms with van der Waals surface area (Å²) >= 11 is 3.52. The molecule has 0 spiro atoms. The van der Waals surface area contributed by atoms with Crippen LogP contribution in [0.25, 0.3) is 10.2 Å². The molecule has 2 unspecified atom stereocenters. The van der Waals surface area contributed by atoms with E-state index in [0.29, 0.717) is 6.04 Å². The Labute approximate surface area is 129 Å². The molecule has 1 N–H and O–H groups in total. The fourth-order valence-electron chi connectivity index (χ4n) is 3.11. The SMILES string of the molecule is CCC1CCCC(Nc2ccc3nc(SC)sc3c2)C1. The van der Waals surface area contributed by atoms with Gasteiger partial charge in [-0.25, -0.2) is 4.98 Å². The minimum absolute atomic E-state index is 0.652. The Kier molecular flexibility index (Phi) is 4.51. The molecule has 20 heavy (non-hydrogen) atoms. The van der Waals surface area contributed by atoms with Gasteiger partial charge in [-0.05, 0) is 43.2 Å². The summed E-state index contributed by atoms with van der Waals surface area (Å²) in [6.07, 6.45) is 8.84. The summed E-state index contributed by atoms with van der Waals surface area (Å²) in [6.45, 7) is 2.32. The summed E-state index contributed by atoms with van der Waals surface area (Å²) in [5.41, 5.74) is 2.38. The third-order valence-electron chi connectivity index (χ3n) is 4.27. The van der Waals surface area contributed by atoms with Crippen molar-refractivity contribution in [3.8, 4) is 0 Å². The normalized spacial score (nSPS) is 23.1. The van der Waals surface area contributed by atoms with Crippen LogP contribution in [0.1, 0.15) is 39.0 Å². The van der Waals surface area contributed by atoms with E-state index in [-0.39, 0.29) is 0 Å². The second-order valence-electron chi connectivity index (χ2n) is 5.65. The van der Waals surface area contributed by atoms with E-state index >= 15 is 0 Å². The van der Waals surface area contributed by atoms with Crippen LogP contribution in [0.15, 0.2) is 22.5 Å². The largest absolute Gasteiger partial charge is 0.382 e. The van der Waals surface area contributed by atoms with Crippen molar-refractivity contribution < 1.29 is 0 Å². The molecular weight excluding hydrogens is 284 g/mol. The van der Waals surface area contributed by atoms with E-state index in [1.165, 1.54) is 42.5 Å². The zero-order valence-electron chi connectivity index (χ0n) is 12.2. The number of anilines is 1. The smallest absolute Gasteiger partial charge is 0.150 e. The Hall–Kier alpha value is -0.740. The Morgan fingerprint density at radius 3 is 3.10 bits per heavy atom. The predicted molar refractivity (Wildman–Crippen MR) is 91.1 cm³/mol. The molecule has 2 atom stereocenters. The zero-order chi connectivity index (χ0) is 13.9. The summed E-state index contributed by atoms with van der Waals surface area (Å²) in [5, 5.41) is 3.74. The molecule has 1 heterocycles. The van der Waals surface area contributed by atoms with Crippen molar-refractivity contribution in [2.24, 2.45) is 5.92 Å². The van der Waals surface area contributed by atoms with Crippen LogP contribution in [0.4, 0.5) is 5.69 Å². The Balaban J connectivity index is 1.73. The minimum atomic E-state index is 0.652. The van der Waals surface area contributed by atoms with Gasteiger partial charge in [-0.1, -0.05) is 37.9 Å². The molecule has 2 aromatic rings. The molecule has 0 aliphatic heterocycles. The molecule has 108 valence electrons. The molecular formula is C16H22N2S2. The van der Waals surface area contributed by atoms with E-state index in [1.54, 1.807) is 23.1 Å². The molecule has 0 amide bonds. The van der Waals surface area contributed by atoms with Gasteiger partial charge >= 0.3 is 0 Å². The van der Waals surface area contributed by atoms with Crippen LogP contribution in [-0.4, -0.2) is 17.3 Å². The maximum Gasteiger partial charge on any atom is 0.150 e. The first-order valence-corrected chi connectivity index (χ1v) is 9.53. The summed E-state index contributed by atoms with van der Waals surface area (Å²) in [6, 6.07) is 7.25. The zero-order valence-corrected chi connectivity index (χ0v) is 13.8. The van der Waals surface area contributed by atoms with Gasteiger partial charge in [0.05, 0.1) is 10.2 Å². The lowest BCUT2D eigenvalue weighted by atomic mass is 9.84. The number of benzene rings is 1. The second kappa shape index (κ2) is 6.35. The van der Waals surface area contributed by atoms with Crippen LogP contribution in [0, 0.1) is 5.92 Å². The van der Waals surface area contributed by atoms with E-state index in [4.69, 9.17) is 0 Å². The quantitative estimate of drug-likeness (QED) is 0.766. The van der Waals surface area contributed by atoms with Gasteiger partial charge < -0.3 is 5.32 Å². The van der Waals surface area contributed by atoms with Gasteiger partial charge in [-0.15, -0.1) is 11.3 Å². The van der Waals surface area contributed by atoms with Crippen LogP contribution < -0.4 is 5.32 Å². The van der Waals surface area contributed by atoms with Gasteiger partial charge in [0.15, 0.2) is 4.34 Å². The molecule has 1 aliphatic rings. The molecule has 4 heteroatoms. The van der Waals surface area contributed by atoms with Gasteiger partial charge in [0.25, 0.3) is 0 Å². The van der Waals surface area contributed by atoms with Crippen LogP contribution in [-0.2, 0) is 0 Å². The highest BCUT2D eigenvalue weighted by Gasteiger charge is 2.20. The first-order chi connectivity index (χ1) is 9.78. The first kappa shape index (κ1) is 14.2. The number of hydrogen-bond donors (Lipinski definition) is 1. The minimum Gasteiger partial charge on any atom is -0.382 e. The highest BCUT2D eigenvalue weighted by molar-refractivity contribution is 8.00. The van der Waals surface area contributed by atoms with Gasteiger partial charge in [0.1, 0.15) is 0 Å². The molecule has 1 fully saturated rings. The van der Waals surface area contributed by atoms with E-state index in [2.05, 4.69) is 41.7 Å². The number of thioether (sulfide) groups is 1. The number of thiazole rings is 1. The van der Waals surface area contributed by atoms with Crippen molar-refractivity contribution in [1.82, 2.24) is 4.98 Å². The molecule has 1 saturated carbocycles. The van der Waals surface area contributed by atoms with Crippen LogP contribution in [0.5, 0.6) is 0 Å². The van der Waals surface area contributed by atoms with Gasteiger partial charge in [-0.2, -0.15) is 0 Å². The van der Waals surface area contributed by atoms with E-state index in [1.807, 2.05) is 0 Å². The van der Waals surface area contributed by atoms with Crippen molar-refractivity contribution in [2.75, 3.05) is 11.6 Å². The fourth-order valence-corrected chi connectivity index (χ4v) is 4.64. The third kappa shape index (κ3) is 3.12. The molecule has 0 saturated heterocycles. The molecule has 0 bridgehead atoms. The molecule has 0 radical (unpaired) electrons. The van der Waals surface area contributed by atoms with E-state index in [0.717, 1.165) is 15.8 Å². The van der Waals surface area contributed by atoms with Crippen molar-refractivity contribution in [1.29, 1.82) is 0 Å². The van der Waals surface area contributed by atoms with Crippen LogP contribution >= 0.6 is 23.1 Å². The highest BCUT2D eigenvalue weighted by Crippen LogP contribution is 2.32. The lowest BCUT2D eigenvalue weighted by molar-refractivity contribution is 0.327. The first-order valence-electron chi connectivity index (χ1n) is 7.49. The fraction of sp³-hybridized carbons (Fsp3) is 0.562. The van der Waals surface area contributed by atoms with Crippen LogP contribution in [0.3, 0.4) is 0 Å². The average Bonchev–Trinajstić information content (AvgIpc) is 2.90. The number of aromatic nitrogens is 1. The molecule has 2 nitrogen and oxygen atoms in total. The van der Waals surface area contributed by atoms with Crippen molar-refractivity contribution >= 4 is 39.0 Å². The van der Waals surface area contributed by atoms with Gasteiger partial charge in [-0.3, -0.25) is 0 Å². The topological polar surface area (TPSA) is 24.9 Å². The lowest BCUT2D eigenvalue weighted by Crippen LogP contribution is -2.26. The standard InChI is InChI=1S/C16H22N2S2/c1-3-11-5-4-6-12(9-11)17-13-7-8-14-15(10-13)20-16(18-14)19-2/h7-8,10-12,17H,3-6,9H2,1-2H3. The number of rotatable bonds is 4. The maximum atomic E-state index is 4.60. The summed E-state index contributed by atoms with van der Waals surface area (Å²) in [7, 11) is 0. The van der Waals surface area contributed by atoms with Crippen molar-refractivity contribution in [3.63, 3.8) is 0 Å². The summed E-state index contributed by atoms with van der Waals surface area (Å²) in [4.78, 5) is 4.60. The monoisotopic (exact) mass is 306 g/mol. The number of hydrogen-bond acceptors (Lipinski definition) is 4. The number of nitrogens with one attached hydrogen (secondary N) is 1. The van der Waals surface area contributed by atoms with E-state index < -0.39 is 0 Å². The van der Waals surface area contributed by atoms with E-state index in [9.17, 15) is 0 Å². The second-order valence-corrected chi connectivity index (χ2v) is 7.73. The number of fused-ring (bicyclic) bond motifs is 1. The average molecular weight is 307 g/mol. The Bertz CT molecular complexity index is 579. The van der Waals surface area contributed by atoms with Crippen LogP contribution in [0.2, 0.25) is 0 Å². The Morgan fingerprint density at radius 1 is 1.40 bits per heavy atom. The lowest BCUT2D eigenvalue weighted by Gasteiger charge is -2.29. The Morgan fingerprint density at radius 2 is 2.30 bits per heavy atom. The summed E-state index contributed by atoms with van der Waals surface area (Å²) < 4.78 is 2.45. The number of nitrogens with zero attached hydrogens (tertiary/aromatic N) is 1. The highest BCUT2D eigenvalue weighted by atomic mass is 32.2.